The van der Waals surface area contributed by atoms with E-state index in [0.29, 0.717) is 19.0 Å². The van der Waals surface area contributed by atoms with Crippen LogP contribution in [0.25, 0.3) is 0 Å². The maximum Gasteiger partial charge on any atom is 0.267 e. The predicted octanol–water partition coefficient (Wildman–Crippen LogP) is 1.18. The Bertz CT molecular complexity index is 809. The molecule has 1 N–H and O–H groups in total. The Morgan fingerprint density at radius 3 is 3.21 bits per heavy atom. The van der Waals surface area contributed by atoms with Crippen LogP contribution in [0.5, 0.6) is 0 Å². The van der Waals surface area contributed by atoms with Crippen LogP contribution in [-0.4, -0.2) is 44.8 Å². The van der Waals surface area contributed by atoms with Gasteiger partial charge in [-0.05, 0) is 24.3 Å². The second-order valence-electron chi connectivity index (χ2n) is 6.05. The van der Waals surface area contributed by atoms with Crippen molar-refractivity contribution >= 4 is 17.6 Å². The number of hydrogen-bond acceptors (Lipinski definition) is 7. The summed E-state index contributed by atoms with van der Waals surface area (Å²) in [6.07, 6.45) is 2.63. The molecule has 0 amide bonds. The zero-order valence-corrected chi connectivity index (χ0v) is 14.3. The molecule has 0 spiro atoms. The predicted molar refractivity (Wildman–Crippen MR) is 92.4 cm³/mol. The number of fused-ring (bicyclic) bond motifs is 1. The maximum absolute atomic E-state index is 12.5. The van der Waals surface area contributed by atoms with E-state index in [0.717, 1.165) is 35.0 Å². The first-order chi connectivity index (χ1) is 11.7. The van der Waals surface area contributed by atoms with Crippen LogP contribution >= 0.6 is 11.8 Å². The number of nitrogens with one attached hydrogen (secondary N) is 1. The number of hydrogen-bond donors (Lipinski definition) is 1. The van der Waals surface area contributed by atoms with E-state index >= 15 is 0 Å². The van der Waals surface area contributed by atoms with Gasteiger partial charge in [0.15, 0.2) is 0 Å². The molecule has 1 saturated heterocycles. The van der Waals surface area contributed by atoms with Crippen LogP contribution < -0.4 is 10.9 Å². The van der Waals surface area contributed by atoms with E-state index in [2.05, 4.69) is 20.4 Å². The summed E-state index contributed by atoms with van der Waals surface area (Å²) in [5.41, 5.74) is 2.05. The summed E-state index contributed by atoms with van der Waals surface area (Å²) < 4.78 is 7.21. The largest absolute Gasteiger partial charge is 0.377 e. The Hall–Kier alpha value is -1.93. The molecule has 4 heterocycles. The average molecular weight is 345 g/mol. The Morgan fingerprint density at radius 1 is 1.42 bits per heavy atom. The van der Waals surface area contributed by atoms with E-state index in [-0.39, 0.29) is 17.6 Å². The van der Waals surface area contributed by atoms with Gasteiger partial charge in [0.2, 0.25) is 0 Å². The molecule has 0 radical (unpaired) electrons. The Kier molecular flexibility index (Phi) is 4.24. The minimum absolute atomic E-state index is 0.0412. The van der Waals surface area contributed by atoms with Crippen LogP contribution in [-0.2, 0) is 16.9 Å². The molecule has 126 valence electrons. The lowest BCUT2D eigenvalue weighted by Gasteiger charge is -2.23. The molecular weight excluding hydrogens is 326 g/mol. The minimum atomic E-state index is -0.132. The summed E-state index contributed by atoms with van der Waals surface area (Å²) in [6, 6.07) is 3.38. The quantitative estimate of drug-likeness (QED) is 0.894. The van der Waals surface area contributed by atoms with Crippen molar-refractivity contribution in [3.05, 3.63) is 45.8 Å². The number of aromatic nitrogens is 4. The minimum Gasteiger partial charge on any atom is -0.377 e. The highest BCUT2D eigenvalue weighted by Gasteiger charge is 2.32. The molecule has 24 heavy (non-hydrogen) atoms. The smallest absolute Gasteiger partial charge is 0.267 e. The van der Waals surface area contributed by atoms with Crippen molar-refractivity contribution in [1.82, 2.24) is 19.7 Å². The first-order valence-electron chi connectivity index (χ1n) is 8.04. The molecular formula is C16H19N5O2S. The van der Waals surface area contributed by atoms with E-state index in [4.69, 9.17) is 4.74 Å². The van der Waals surface area contributed by atoms with Crippen molar-refractivity contribution in [2.75, 3.05) is 24.3 Å². The van der Waals surface area contributed by atoms with Crippen LogP contribution in [0, 0.1) is 6.92 Å². The third-order valence-corrected chi connectivity index (χ3v) is 5.35. The van der Waals surface area contributed by atoms with Gasteiger partial charge in [0.05, 0.1) is 24.9 Å². The molecule has 1 fully saturated rings. The number of nitrogens with zero attached hydrogens (tertiary/aromatic N) is 4. The van der Waals surface area contributed by atoms with Gasteiger partial charge in [-0.3, -0.25) is 4.79 Å². The molecule has 7 nitrogen and oxygen atoms in total. The molecule has 2 atom stereocenters. The molecule has 2 aliphatic heterocycles. The van der Waals surface area contributed by atoms with Gasteiger partial charge >= 0.3 is 0 Å². The second kappa shape index (κ2) is 6.52. The monoisotopic (exact) mass is 345 g/mol. The highest BCUT2D eigenvalue weighted by Crippen LogP contribution is 2.24. The van der Waals surface area contributed by atoms with Crippen LogP contribution in [0.3, 0.4) is 0 Å². The van der Waals surface area contributed by atoms with Gasteiger partial charge in [-0.2, -0.15) is 16.9 Å². The number of thioether (sulfide) groups is 1. The lowest BCUT2D eigenvalue weighted by atomic mass is 10.1. The molecule has 2 aromatic heterocycles. The fourth-order valence-electron chi connectivity index (χ4n) is 3.11. The molecule has 2 unspecified atom stereocenters. The molecule has 2 aliphatic rings. The number of anilines is 1. The fraction of sp³-hybridized carbons (Fsp3) is 0.500. The van der Waals surface area contributed by atoms with Gasteiger partial charge in [-0.1, -0.05) is 0 Å². The zero-order valence-electron chi connectivity index (χ0n) is 13.4. The van der Waals surface area contributed by atoms with Gasteiger partial charge in [0.1, 0.15) is 17.7 Å². The molecule has 4 rings (SSSR count). The molecule has 8 heteroatoms. The number of aryl methyl sites for hydroxylation is 2. The second-order valence-corrected chi connectivity index (χ2v) is 7.15. The number of rotatable bonds is 3. The SMILES string of the molecule is Cc1nccc(NC2COCC2n2nc3c(cc2=O)CSCC3)n1. The van der Waals surface area contributed by atoms with Crippen LogP contribution in [0.1, 0.15) is 23.1 Å². The summed E-state index contributed by atoms with van der Waals surface area (Å²) in [4.78, 5) is 21.0. The molecule has 0 saturated carbocycles. The topological polar surface area (TPSA) is 81.9 Å². The Morgan fingerprint density at radius 2 is 2.33 bits per heavy atom. The van der Waals surface area contributed by atoms with Gasteiger partial charge in [-0.15, -0.1) is 0 Å². The summed E-state index contributed by atoms with van der Waals surface area (Å²) in [7, 11) is 0. The number of ether oxygens (including phenoxy) is 1. The first kappa shape index (κ1) is 15.6. The van der Waals surface area contributed by atoms with Gasteiger partial charge < -0.3 is 10.1 Å². The average Bonchev–Trinajstić information content (AvgIpc) is 3.02. The van der Waals surface area contributed by atoms with E-state index < -0.39 is 0 Å². The fourth-order valence-corrected chi connectivity index (χ4v) is 4.07. The summed E-state index contributed by atoms with van der Waals surface area (Å²) in [5.74, 6) is 3.38. The molecule has 0 aliphatic carbocycles. The molecule has 2 aromatic rings. The molecule has 0 bridgehead atoms. The van der Waals surface area contributed by atoms with Crippen molar-refractivity contribution in [3.63, 3.8) is 0 Å². The van der Waals surface area contributed by atoms with Crippen molar-refractivity contribution in [2.45, 2.75) is 31.2 Å². The first-order valence-corrected chi connectivity index (χ1v) is 9.19. The Labute approximate surface area is 143 Å². The summed E-state index contributed by atoms with van der Waals surface area (Å²) >= 11 is 1.85. The normalized spacial score (nSPS) is 23.0. The van der Waals surface area contributed by atoms with Gasteiger partial charge in [0.25, 0.3) is 5.56 Å². The van der Waals surface area contributed by atoms with Crippen LogP contribution in [0.4, 0.5) is 5.82 Å². The Balaban J connectivity index is 1.62. The maximum atomic E-state index is 12.5. The third-order valence-electron chi connectivity index (χ3n) is 4.34. The van der Waals surface area contributed by atoms with Crippen LogP contribution in [0.15, 0.2) is 23.1 Å². The standard InChI is InChI=1S/C16H19N5O2S/c1-10-17-4-2-15(18-10)19-13-7-23-8-14(13)21-16(22)6-11-9-24-5-3-12(11)20-21/h2,4,6,13-14H,3,5,7-9H2,1H3,(H,17,18,19). The highest BCUT2D eigenvalue weighted by molar-refractivity contribution is 7.98. The van der Waals surface area contributed by atoms with Gasteiger partial charge in [0, 0.05) is 24.4 Å². The summed E-state index contributed by atoms with van der Waals surface area (Å²) in [5, 5.41) is 8.00. The third kappa shape index (κ3) is 3.03. The zero-order chi connectivity index (χ0) is 16.5. The van der Waals surface area contributed by atoms with Crippen molar-refractivity contribution in [1.29, 1.82) is 0 Å². The lowest BCUT2D eigenvalue weighted by Crippen LogP contribution is -2.38. The highest BCUT2D eigenvalue weighted by atomic mass is 32.2. The van der Waals surface area contributed by atoms with Crippen LogP contribution in [0.2, 0.25) is 0 Å². The van der Waals surface area contributed by atoms with E-state index in [1.54, 1.807) is 16.9 Å². The van der Waals surface area contributed by atoms with Gasteiger partial charge in [-0.25, -0.2) is 14.6 Å². The molecule has 0 aromatic carbocycles. The van der Waals surface area contributed by atoms with E-state index in [1.807, 2.05) is 24.8 Å². The van der Waals surface area contributed by atoms with Crippen molar-refractivity contribution in [2.24, 2.45) is 0 Å². The summed E-state index contributed by atoms with van der Waals surface area (Å²) in [6.45, 7) is 2.85. The van der Waals surface area contributed by atoms with Crippen molar-refractivity contribution in [3.8, 4) is 0 Å². The van der Waals surface area contributed by atoms with E-state index in [1.165, 1.54) is 0 Å². The lowest BCUT2D eigenvalue weighted by molar-refractivity contribution is 0.182. The van der Waals surface area contributed by atoms with Crippen molar-refractivity contribution < 1.29 is 4.74 Å². The van der Waals surface area contributed by atoms with E-state index in [9.17, 15) is 4.79 Å².